The summed E-state index contributed by atoms with van der Waals surface area (Å²) < 4.78 is 0.887. The average molecular weight is 249 g/mol. The Hall–Kier alpha value is -1.51. The van der Waals surface area contributed by atoms with Crippen molar-refractivity contribution in [3.8, 4) is 0 Å². The number of hydrogen-bond donors (Lipinski definition) is 0. The predicted octanol–water partition coefficient (Wildman–Crippen LogP) is 2.96. The van der Waals surface area contributed by atoms with Gasteiger partial charge in [0.05, 0.1) is 11.2 Å². The maximum atomic E-state index is 10.2. The molecule has 0 fully saturated rings. The van der Waals surface area contributed by atoms with Crippen LogP contribution >= 0.6 is 15.9 Å². The van der Waals surface area contributed by atoms with E-state index in [0.717, 1.165) is 15.4 Å². The molecule has 0 saturated carbocycles. The van der Waals surface area contributed by atoms with Crippen molar-refractivity contribution < 1.29 is 4.79 Å². The van der Waals surface area contributed by atoms with Crippen molar-refractivity contribution >= 4 is 38.6 Å². The second kappa shape index (κ2) is 3.70. The molecule has 2 rings (SSSR count). The SMILES string of the molecule is O=C=Nc1ccnc2c(Br)cccc12. The van der Waals surface area contributed by atoms with E-state index in [1.54, 1.807) is 12.3 Å². The van der Waals surface area contributed by atoms with E-state index in [4.69, 9.17) is 0 Å². The topological polar surface area (TPSA) is 42.3 Å². The monoisotopic (exact) mass is 248 g/mol. The molecule has 0 saturated heterocycles. The van der Waals surface area contributed by atoms with Crippen LogP contribution in [0, 0.1) is 0 Å². The highest BCUT2D eigenvalue weighted by Crippen LogP contribution is 2.28. The average Bonchev–Trinajstić information content (AvgIpc) is 2.20. The molecule has 0 aliphatic carbocycles. The summed E-state index contributed by atoms with van der Waals surface area (Å²) in [6, 6.07) is 7.31. The lowest BCUT2D eigenvalue weighted by Gasteiger charge is -2.00. The first-order chi connectivity index (χ1) is 6.83. The first-order valence-electron chi connectivity index (χ1n) is 3.94. The summed E-state index contributed by atoms with van der Waals surface area (Å²) in [5.74, 6) is 0. The first-order valence-corrected chi connectivity index (χ1v) is 4.73. The Morgan fingerprint density at radius 1 is 1.36 bits per heavy atom. The Labute approximate surface area is 88.6 Å². The van der Waals surface area contributed by atoms with Crippen LogP contribution in [0.15, 0.2) is 39.9 Å². The Balaban J connectivity index is 2.87. The molecule has 0 atom stereocenters. The molecule has 0 unspecified atom stereocenters. The minimum atomic E-state index is 0.589. The number of hydrogen-bond acceptors (Lipinski definition) is 3. The molecule has 2 aromatic rings. The van der Waals surface area contributed by atoms with Gasteiger partial charge in [-0.15, -0.1) is 0 Å². The number of pyridine rings is 1. The first kappa shape index (κ1) is 9.06. The molecule has 4 heteroatoms. The smallest absolute Gasteiger partial charge is 0.240 e. The van der Waals surface area contributed by atoms with Crippen LogP contribution in [0.3, 0.4) is 0 Å². The normalized spacial score (nSPS) is 9.79. The van der Waals surface area contributed by atoms with Crippen molar-refractivity contribution in [1.82, 2.24) is 4.98 Å². The largest absolute Gasteiger partial charge is 0.255 e. The van der Waals surface area contributed by atoms with Crippen LogP contribution in [-0.4, -0.2) is 11.1 Å². The van der Waals surface area contributed by atoms with Crippen molar-refractivity contribution in [1.29, 1.82) is 0 Å². The van der Waals surface area contributed by atoms with Gasteiger partial charge in [-0.25, -0.2) is 4.79 Å². The quantitative estimate of drug-likeness (QED) is 0.575. The van der Waals surface area contributed by atoms with Crippen molar-refractivity contribution in [3.63, 3.8) is 0 Å². The lowest BCUT2D eigenvalue weighted by Crippen LogP contribution is -1.79. The molecule has 1 aromatic carbocycles. The van der Waals surface area contributed by atoms with E-state index in [0.29, 0.717) is 5.69 Å². The number of fused-ring (bicyclic) bond motifs is 1. The zero-order valence-corrected chi connectivity index (χ0v) is 8.65. The Bertz CT molecular complexity index is 533. The second-order valence-electron chi connectivity index (χ2n) is 2.67. The van der Waals surface area contributed by atoms with Crippen molar-refractivity contribution in [3.05, 3.63) is 34.9 Å². The molecule has 0 aliphatic heterocycles. The molecule has 0 radical (unpaired) electrons. The second-order valence-corrected chi connectivity index (χ2v) is 3.52. The zero-order valence-electron chi connectivity index (χ0n) is 7.07. The van der Waals surface area contributed by atoms with Crippen LogP contribution in [0.4, 0.5) is 5.69 Å². The van der Waals surface area contributed by atoms with E-state index in [1.165, 1.54) is 6.08 Å². The Morgan fingerprint density at radius 2 is 2.21 bits per heavy atom. The molecule has 68 valence electrons. The predicted molar refractivity (Wildman–Crippen MR) is 57.2 cm³/mol. The van der Waals surface area contributed by atoms with Crippen molar-refractivity contribution in [2.75, 3.05) is 0 Å². The van der Waals surface area contributed by atoms with E-state index in [-0.39, 0.29) is 0 Å². The highest BCUT2D eigenvalue weighted by molar-refractivity contribution is 9.10. The number of benzene rings is 1. The lowest BCUT2D eigenvalue weighted by atomic mass is 10.2. The number of para-hydroxylation sites is 1. The van der Waals surface area contributed by atoms with Crippen LogP contribution in [0.1, 0.15) is 0 Å². The van der Waals surface area contributed by atoms with Gasteiger partial charge >= 0.3 is 0 Å². The highest BCUT2D eigenvalue weighted by atomic mass is 79.9. The van der Waals surface area contributed by atoms with Gasteiger partial charge < -0.3 is 0 Å². The molecule has 0 N–H and O–H groups in total. The van der Waals surface area contributed by atoms with Crippen LogP contribution in [0.5, 0.6) is 0 Å². The van der Waals surface area contributed by atoms with E-state index >= 15 is 0 Å². The minimum Gasteiger partial charge on any atom is -0.255 e. The van der Waals surface area contributed by atoms with Crippen LogP contribution < -0.4 is 0 Å². The van der Waals surface area contributed by atoms with E-state index in [1.807, 2.05) is 18.2 Å². The molecule has 1 aromatic heterocycles. The van der Waals surface area contributed by atoms with Gasteiger partial charge in [0.1, 0.15) is 0 Å². The summed E-state index contributed by atoms with van der Waals surface area (Å²) in [4.78, 5) is 18.0. The molecule has 0 aliphatic rings. The fourth-order valence-corrected chi connectivity index (χ4v) is 1.74. The number of isocyanates is 1. The molecule has 14 heavy (non-hydrogen) atoms. The fourth-order valence-electron chi connectivity index (χ4n) is 1.27. The third-order valence-electron chi connectivity index (χ3n) is 1.86. The van der Waals surface area contributed by atoms with Crippen molar-refractivity contribution in [2.24, 2.45) is 4.99 Å². The molecule has 1 heterocycles. The summed E-state index contributed by atoms with van der Waals surface area (Å²) in [7, 11) is 0. The van der Waals surface area contributed by atoms with E-state index in [9.17, 15) is 4.79 Å². The summed E-state index contributed by atoms with van der Waals surface area (Å²) >= 11 is 3.38. The summed E-state index contributed by atoms with van der Waals surface area (Å²) in [6.45, 7) is 0. The van der Waals surface area contributed by atoms with Gasteiger partial charge in [-0.05, 0) is 28.1 Å². The maximum Gasteiger partial charge on any atom is 0.240 e. The molecule has 0 bridgehead atoms. The summed E-state index contributed by atoms with van der Waals surface area (Å²) in [6.07, 6.45) is 3.14. The molecule has 0 amide bonds. The number of rotatable bonds is 1. The molecular formula is C10H5BrN2O. The number of halogens is 1. The van der Waals surface area contributed by atoms with Crippen LogP contribution in [-0.2, 0) is 4.79 Å². The van der Waals surface area contributed by atoms with Gasteiger partial charge in [0.15, 0.2) is 0 Å². The van der Waals surface area contributed by atoms with E-state index in [2.05, 4.69) is 25.9 Å². The van der Waals surface area contributed by atoms with Gasteiger partial charge in [0.2, 0.25) is 6.08 Å². The Morgan fingerprint density at radius 3 is 3.00 bits per heavy atom. The Kier molecular flexibility index (Phi) is 2.39. The van der Waals surface area contributed by atoms with Gasteiger partial charge in [-0.2, -0.15) is 4.99 Å². The standard InChI is InChI=1S/C10H5BrN2O/c11-8-3-1-2-7-9(13-6-14)4-5-12-10(7)8/h1-5H. The van der Waals surface area contributed by atoms with Gasteiger partial charge in [-0.1, -0.05) is 12.1 Å². The van der Waals surface area contributed by atoms with Gasteiger partial charge in [0, 0.05) is 16.1 Å². The number of aliphatic imine (C=N–C) groups is 1. The maximum absolute atomic E-state index is 10.2. The fraction of sp³-hybridized carbons (Fsp3) is 0. The number of nitrogens with zero attached hydrogens (tertiary/aromatic N) is 2. The summed E-state index contributed by atoms with van der Waals surface area (Å²) in [5, 5.41) is 0.838. The lowest BCUT2D eigenvalue weighted by molar-refractivity contribution is 0.565. The minimum absolute atomic E-state index is 0.589. The molecule has 0 spiro atoms. The van der Waals surface area contributed by atoms with Crippen LogP contribution in [0.25, 0.3) is 10.9 Å². The van der Waals surface area contributed by atoms with E-state index < -0.39 is 0 Å². The third kappa shape index (κ3) is 1.45. The molecule has 3 nitrogen and oxygen atoms in total. The van der Waals surface area contributed by atoms with Gasteiger partial charge in [-0.3, -0.25) is 4.98 Å². The van der Waals surface area contributed by atoms with Crippen molar-refractivity contribution in [2.45, 2.75) is 0 Å². The van der Waals surface area contributed by atoms with Crippen LogP contribution in [0.2, 0.25) is 0 Å². The number of carbonyl (C=O) groups excluding carboxylic acids is 1. The zero-order chi connectivity index (χ0) is 9.97. The molecular weight excluding hydrogens is 244 g/mol. The number of aromatic nitrogens is 1. The third-order valence-corrected chi connectivity index (χ3v) is 2.50. The summed E-state index contributed by atoms with van der Waals surface area (Å²) in [5.41, 5.74) is 1.38. The highest BCUT2D eigenvalue weighted by Gasteiger charge is 2.02. The van der Waals surface area contributed by atoms with Gasteiger partial charge in [0.25, 0.3) is 0 Å².